The van der Waals surface area contributed by atoms with Crippen LogP contribution in [0, 0.1) is 6.92 Å². The summed E-state index contributed by atoms with van der Waals surface area (Å²) < 4.78 is 0. The molecule has 4 N–H and O–H groups in total. The van der Waals surface area contributed by atoms with Gasteiger partial charge in [-0.25, -0.2) is 20.8 Å². The molecule has 0 atom stereocenters. The number of nitrogens with two attached hydrogens (primary N) is 1. The molecule has 8 heteroatoms. The van der Waals surface area contributed by atoms with Crippen molar-refractivity contribution >= 4 is 23.1 Å². The van der Waals surface area contributed by atoms with Crippen LogP contribution in [0.25, 0.3) is 0 Å². The van der Waals surface area contributed by atoms with Gasteiger partial charge >= 0.3 is 0 Å². The highest BCUT2D eigenvalue weighted by atomic mass is 32.1. The van der Waals surface area contributed by atoms with E-state index >= 15 is 0 Å². The molecule has 1 amide bonds. The van der Waals surface area contributed by atoms with Gasteiger partial charge in [0.05, 0.1) is 29.6 Å². The lowest BCUT2D eigenvalue weighted by molar-refractivity contribution is 0.0945. The zero-order chi connectivity index (χ0) is 13.0. The number of hydrogen-bond acceptors (Lipinski definition) is 7. The number of carbonyl (C=O) groups is 1. The van der Waals surface area contributed by atoms with E-state index < -0.39 is 0 Å². The summed E-state index contributed by atoms with van der Waals surface area (Å²) in [5.74, 6) is 5.26. The minimum absolute atomic E-state index is 0.237. The van der Waals surface area contributed by atoms with E-state index in [0.29, 0.717) is 12.4 Å². The van der Waals surface area contributed by atoms with Crippen molar-refractivity contribution in [1.29, 1.82) is 0 Å². The van der Waals surface area contributed by atoms with Gasteiger partial charge in [0.25, 0.3) is 5.91 Å². The van der Waals surface area contributed by atoms with Crippen molar-refractivity contribution in [2.75, 3.05) is 5.43 Å². The van der Waals surface area contributed by atoms with Crippen LogP contribution in [-0.4, -0.2) is 20.9 Å². The fourth-order valence-corrected chi connectivity index (χ4v) is 1.88. The number of aryl methyl sites for hydroxylation is 1. The molecule has 0 bridgehead atoms. The average molecular weight is 264 g/mol. The van der Waals surface area contributed by atoms with Crippen LogP contribution >= 0.6 is 11.3 Å². The molecule has 0 aliphatic rings. The first-order chi connectivity index (χ1) is 8.69. The third-order valence-corrected chi connectivity index (χ3v) is 2.95. The number of amides is 1. The Hall–Kier alpha value is -2.06. The number of nitrogens with one attached hydrogen (secondary N) is 2. The van der Waals surface area contributed by atoms with Crippen molar-refractivity contribution in [1.82, 2.24) is 20.3 Å². The predicted octanol–water partition coefficient (Wildman–Crippen LogP) is 0.457. The van der Waals surface area contributed by atoms with Crippen molar-refractivity contribution in [3.8, 4) is 0 Å². The quantitative estimate of drug-likeness (QED) is 0.547. The number of anilines is 1. The zero-order valence-corrected chi connectivity index (χ0v) is 10.5. The number of hydrazine groups is 1. The van der Waals surface area contributed by atoms with Gasteiger partial charge in [-0.3, -0.25) is 4.79 Å². The van der Waals surface area contributed by atoms with Crippen LogP contribution in [0.4, 0.5) is 5.82 Å². The van der Waals surface area contributed by atoms with Crippen LogP contribution < -0.4 is 16.6 Å². The van der Waals surface area contributed by atoms with Gasteiger partial charge in [0.2, 0.25) is 0 Å². The summed E-state index contributed by atoms with van der Waals surface area (Å²) in [6, 6.07) is 0. The molecule has 2 aromatic heterocycles. The van der Waals surface area contributed by atoms with Crippen molar-refractivity contribution < 1.29 is 4.79 Å². The van der Waals surface area contributed by atoms with Crippen LogP contribution in [0.3, 0.4) is 0 Å². The van der Waals surface area contributed by atoms with E-state index in [9.17, 15) is 4.79 Å². The van der Waals surface area contributed by atoms with E-state index in [1.807, 2.05) is 12.3 Å². The van der Waals surface area contributed by atoms with E-state index in [4.69, 9.17) is 5.84 Å². The first-order valence-corrected chi connectivity index (χ1v) is 6.05. The third kappa shape index (κ3) is 2.99. The Kier molecular flexibility index (Phi) is 3.80. The summed E-state index contributed by atoms with van der Waals surface area (Å²) in [5.41, 5.74) is 3.41. The Morgan fingerprint density at radius 2 is 2.28 bits per heavy atom. The fourth-order valence-electron chi connectivity index (χ4n) is 1.27. The Morgan fingerprint density at radius 3 is 2.83 bits per heavy atom. The van der Waals surface area contributed by atoms with Gasteiger partial charge in [0, 0.05) is 5.38 Å². The van der Waals surface area contributed by atoms with E-state index in [0.717, 1.165) is 10.7 Å². The molecule has 2 heterocycles. The predicted molar refractivity (Wildman–Crippen MR) is 67.9 cm³/mol. The van der Waals surface area contributed by atoms with Gasteiger partial charge in [0.15, 0.2) is 5.82 Å². The molecule has 18 heavy (non-hydrogen) atoms. The van der Waals surface area contributed by atoms with Crippen molar-refractivity contribution in [3.05, 3.63) is 34.2 Å². The summed E-state index contributed by atoms with van der Waals surface area (Å²) >= 11 is 1.54. The van der Waals surface area contributed by atoms with Crippen molar-refractivity contribution in [2.24, 2.45) is 5.84 Å². The highest BCUT2D eigenvalue weighted by Crippen LogP contribution is 2.07. The highest BCUT2D eigenvalue weighted by molar-refractivity contribution is 7.09. The number of aromatic nitrogens is 3. The number of nitrogens with zero attached hydrogens (tertiary/aromatic N) is 3. The molecule has 94 valence electrons. The largest absolute Gasteiger partial charge is 0.345 e. The number of nitrogen functional groups attached to an aromatic ring is 1. The lowest BCUT2D eigenvalue weighted by Gasteiger charge is -2.03. The molecule has 0 unspecified atom stereocenters. The zero-order valence-electron chi connectivity index (χ0n) is 9.67. The van der Waals surface area contributed by atoms with E-state index in [-0.39, 0.29) is 11.6 Å². The van der Waals surface area contributed by atoms with Crippen LogP contribution in [0.1, 0.15) is 21.2 Å². The van der Waals surface area contributed by atoms with E-state index in [1.165, 1.54) is 12.4 Å². The van der Waals surface area contributed by atoms with Gasteiger partial charge < -0.3 is 10.7 Å². The first-order valence-electron chi connectivity index (χ1n) is 5.17. The lowest BCUT2D eigenvalue weighted by atomic mass is 10.4. The second-order valence-electron chi connectivity index (χ2n) is 3.47. The van der Waals surface area contributed by atoms with Crippen molar-refractivity contribution in [2.45, 2.75) is 13.5 Å². The summed E-state index contributed by atoms with van der Waals surface area (Å²) in [5, 5.41) is 5.59. The molecule has 7 nitrogen and oxygen atoms in total. The van der Waals surface area contributed by atoms with E-state index in [1.54, 1.807) is 11.3 Å². The Bertz CT molecular complexity index is 538. The molecule has 0 saturated carbocycles. The Labute approximate surface area is 107 Å². The van der Waals surface area contributed by atoms with Gasteiger partial charge in [-0.15, -0.1) is 11.3 Å². The number of thiazole rings is 1. The Balaban J connectivity index is 1.94. The number of hydrogen-bond donors (Lipinski definition) is 3. The molecule has 0 spiro atoms. The number of carbonyl (C=O) groups excluding carboxylic acids is 1. The monoisotopic (exact) mass is 264 g/mol. The second-order valence-corrected chi connectivity index (χ2v) is 4.53. The first kappa shape index (κ1) is 12.4. The van der Waals surface area contributed by atoms with Crippen LogP contribution in [0.15, 0.2) is 17.8 Å². The molecule has 0 aliphatic heterocycles. The summed E-state index contributed by atoms with van der Waals surface area (Å²) in [6.07, 6.45) is 2.75. The molecule has 2 rings (SSSR count). The SMILES string of the molecule is Cc1nc(CNC(=O)c2cnc(NN)cn2)cs1. The molecule has 2 aromatic rings. The van der Waals surface area contributed by atoms with Crippen LogP contribution in [-0.2, 0) is 6.54 Å². The van der Waals surface area contributed by atoms with E-state index in [2.05, 4.69) is 25.7 Å². The molecule has 0 fully saturated rings. The standard InChI is InChI=1S/C10H12N6OS/c1-6-15-7(5-18-6)2-14-10(17)8-3-13-9(16-11)4-12-8/h3-5H,2,11H2,1H3,(H,13,16)(H,14,17). The molecular formula is C10H12N6OS. The molecule has 0 saturated heterocycles. The van der Waals surface area contributed by atoms with Crippen molar-refractivity contribution in [3.63, 3.8) is 0 Å². The van der Waals surface area contributed by atoms with Crippen LogP contribution in [0.5, 0.6) is 0 Å². The lowest BCUT2D eigenvalue weighted by Crippen LogP contribution is -2.24. The highest BCUT2D eigenvalue weighted by Gasteiger charge is 2.08. The summed E-state index contributed by atoms with van der Waals surface area (Å²) in [6.45, 7) is 2.29. The molecular weight excluding hydrogens is 252 g/mol. The smallest absolute Gasteiger partial charge is 0.271 e. The molecule has 0 radical (unpaired) electrons. The maximum absolute atomic E-state index is 11.7. The third-order valence-electron chi connectivity index (χ3n) is 2.13. The fraction of sp³-hybridized carbons (Fsp3) is 0.200. The average Bonchev–Trinajstić information content (AvgIpc) is 2.82. The minimum atomic E-state index is -0.295. The second kappa shape index (κ2) is 5.52. The van der Waals surface area contributed by atoms with Gasteiger partial charge in [-0.2, -0.15) is 0 Å². The topological polar surface area (TPSA) is 106 Å². The van der Waals surface area contributed by atoms with Crippen LogP contribution in [0.2, 0.25) is 0 Å². The maximum atomic E-state index is 11.7. The summed E-state index contributed by atoms with van der Waals surface area (Å²) in [7, 11) is 0. The maximum Gasteiger partial charge on any atom is 0.271 e. The number of rotatable bonds is 4. The Morgan fingerprint density at radius 1 is 1.44 bits per heavy atom. The van der Waals surface area contributed by atoms with Gasteiger partial charge in [-0.05, 0) is 6.92 Å². The summed E-state index contributed by atoms with van der Waals surface area (Å²) in [4.78, 5) is 23.8. The molecule has 0 aliphatic carbocycles. The normalized spacial score (nSPS) is 10.1. The van der Waals surface area contributed by atoms with Gasteiger partial charge in [0.1, 0.15) is 5.69 Å². The van der Waals surface area contributed by atoms with Gasteiger partial charge in [-0.1, -0.05) is 0 Å². The minimum Gasteiger partial charge on any atom is -0.345 e. The molecule has 0 aromatic carbocycles.